The zero-order valence-corrected chi connectivity index (χ0v) is 9.23. The molecule has 15 heavy (non-hydrogen) atoms. The van der Waals surface area contributed by atoms with Crippen LogP contribution in [0.15, 0.2) is 24.3 Å². The Morgan fingerprint density at radius 2 is 2.07 bits per heavy atom. The molecule has 0 fully saturated rings. The molecular formula is C12H18O3. The topological polar surface area (TPSA) is 49.7 Å². The van der Waals surface area contributed by atoms with Gasteiger partial charge in [0.25, 0.3) is 0 Å². The van der Waals surface area contributed by atoms with Crippen LogP contribution in [0.2, 0.25) is 0 Å². The van der Waals surface area contributed by atoms with Crippen LogP contribution in [-0.2, 0) is 6.61 Å². The Kier molecular flexibility index (Phi) is 4.12. The lowest BCUT2D eigenvalue weighted by atomic mass is 10.1. The highest BCUT2D eigenvalue weighted by Crippen LogP contribution is 2.15. The Balaban J connectivity index is 2.44. The fraction of sp³-hybridized carbons (Fsp3) is 0.500. The number of hydrogen-bond acceptors (Lipinski definition) is 3. The summed E-state index contributed by atoms with van der Waals surface area (Å²) in [6.45, 7) is 3.99. The Labute approximate surface area is 90.3 Å². The van der Waals surface area contributed by atoms with Gasteiger partial charge in [-0.05, 0) is 31.5 Å². The zero-order valence-electron chi connectivity index (χ0n) is 9.23. The molecule has 0 spiro atoms. The van der Waals surface area contributed by atoms with Crippen molar-refractivity contribution in [3.63, 3.8) is 0 Å². The van der Waals surface area contributed by atoms with E-state index < -0.39 is 5.60 Å². The van der Waals surface area contributed by atoms with E-state index in [1.807, 2.05) is 18.2 Å². The van der Waals surface area contributed by atoms with Crippen molar-refractivity contribution in [1.29, 1.82) is 0 Å². The normalized spacial score (nSPS) is 11.5. The van der Waals surface area contributed by atoms with E-state index >= 15 is 0 Å². The highest BCUT2D eigenvalue weighted by atomic mass is 16.5. The fourth-order valence-corrected chi connectivity index (χ4v) is 1.15. The molecule has 1 aromatic carbocycles. The Hall–Kier alpha value is -1.06. The number of rotatable bonds is 5. The molecular weight excluding hydrogens is 192 g/mol. The smallest absolute Gasteiger partial charge is 0.119 e. The van der Waals surface area contributed by atoms with E-state index in [1.165, 1.54) is 0 Å². The first-order valence-corrected chi connectivity index (χ1v) is 5.06. The predicted octanol–water partition coefficient (Wildman–Crippen LogP) is 1.72. The van der Waals surface area contributed by atoms with Gasteiger partial charge in [0, 0.05) is 6.42 Å². The second kappa shape index (κ2) is 5.14. The van der Waals surface area contributed by atoms with Crippen LogP contribution in [0, 0.1) is 0 Å². The Morgan fingerprint density at radius 3 is 2.67 bits per heavy atom. The third-order valence-electron chi connectivity index (χ3n) is 2.06. The molecule has 0 saturated carbocycles. The quantitative estimate of drug-likeness (QED) is 0.778. The maximum atomic E-state index is 9.48. The lowest BCUT2D eigenvalue weighted by Crippen LogP contribution is -2.21. The summed E-state index contributed by atoms with van der Waals surface area (Å²) >= 11 is 0. The summed E-state index contributed by atoms with van der Waals surface area (Å²) < 4.78 is 5.45. The van der Waals surface area contributed by atoms with Crippen molar-refractivity contribution in [1.82, 2.24) is 0 Å². The Morgan fingerprint density at radius 1 is 1.33 bits per heavy atom. The van der Waals surface area contributed by atoms with Crippen molar-refractivity contribution in [3.8, 4) is 5.75 Å². The molecule has 2 N–H and O–H groups in total. The number of hydrogen-bond donors (Lipinski definition) is 2. The standard InChI is InChI=1S/C12H18O3/c1-12(2,14)6-7-15-11-5-3-4-10(8-11)9-13/h3-5,8,13-14H,6-7,9H2,1-2H3. The van der Waals surface area contributed by atoms with Crippen molar-refractivity contribution in [3.05, 3.63) is 29.8 Å². The van der Waals surface area contributed by atoms with Gasteiger partial charge in [-0.25, -0.2) is 0 Å². The first-order chi connectivity index (χ1) is 7.01. The van der Waals surface area contributed by atoms with Crippen LogP contribution in [-0.4, -0.2) is 22.4 Å². The van der Waals surface area contributed by atoms with E-state index in [9.17, 15) is 5.11 Å². The molecule has 0 radical (unpaired) electrons. The minimum atomic E-state index is -0.700. The van der Waals surface area contributed by atoms with Gasteiger partial charge >= 0.3 is 0 Å². The van der Waals surface area contributed by atoms with Crippen LogP contribution in [0.1, 0.15) is 25.8 Å². The first-order valence-electron chi connectivity index (χ1n) is 5.06. The summed E-state index contributed by atoms with van der Waals surface area (Å²) in [5.41, 5.74) is 0.130. The van der Waals surface area contributed by atoms with Crippen LogP contribution >= 0.6 is 0 Å². The molecule has 0 saturated heterocycles. The predicted molar refractivity (Wildman–Crippen MR) is 58.8 cm³/mol. The van der Waals surface area contributed by atoms with Crippen molar-refractivity contribution in [2.24, 2.45) is 0 Å². The van der Waals surface area contributed by atoms with Gasteiger partial charge < -0.3 is 14.9 Å². The summed E-state index contributed by atoms with van der Waals surface area (Å²) in [5.74, 6) is 0.728. The van der Waals surface area contributed by atoms with Gasteiger partial charge in [0.2, 0.25) is 0 Å². The highest BCUT2D eigenvalue weighted by Gasteiger charge is 2.11. The van der Waals surface area contributed by atoms with Crippen LogP contribution in [0.5, 0.6) is 5.75 Å². The molecule has 0 unspecified atom stereocenters. The molecule has 0 aromatic heterocycles. The van der Waals surface area contributed by atoms with Gasteiger partial charge in [0.15, 0.2) is 0 Å². The molecule has 0 aliphatic heterocycles. The van der Waals surface area contributed by atoms with Crippen molar-refractivity contribution < 1.29 is 14.9 Å². The van der Waals surface area contributed by atoms with Gasteiger partial charge in [-0.3, -0.25) is 0 Å². The molecule has 0 bridgehead atoms. The second-order valence-corrected chi connectivity index (χ2v) is 4.22. The second-order valence-electron chi connectivity index (χ2n) is 4.22. The number of benzene rings is 1. The van der Waals surface area contributed by atoms with Gasteiger partial charge in [-0.1, -0.05) is 12.1 Å². The number of aliphatic hydroxyl groups is 2. The van der Waals surface area contributed by atoms with Crippen LogP contribution in [0.3, 0.4) is 0 Å². The molecule has 3 nitrogen and oxygen atoms in total. The largest absolute Gasteiger partial charge is 0.493 e. The summed E-state index contributed by atoms with van der Waals surface area (Å²) in [5, 5.41) is 18.4. The van der Waals surface area contributed by atoms with E-state index in [0.717, 1.165) is 11.3 Å². The van der Waals surface area contributed by atoms with Gasteiger partial charge in [-0.15, -0.1) is 0 Å². The van der Waals surface area contributed by atoms with E-state index in [2.05, 4.69) is 0 Å². The monoisotopic (exact) mass is 210 g/mol. The van der Waals surface area contributed by atoms with Crippen LogP contribution < -0.4 is 4.74 Å². The zero-order chi connectivity index (χ0) is 11.3. The van der Waals surface area contributed by atoms with E-state index in [-0.39, 0.29) is 6.61 Å². The van der Waals surface area contributed by atoms with Crippen LogP contribution in [0.4, 0.5) is 0 Å². The lowest BCUT2D eigenvalue weighted by Gasteiger charge is -2.17. The molecule has 84 valence electrons. The summed E-state index contributed by atoms with van der Waals surface area (Å²) in [6.07, 6.45) is 0.580. The first kappa shape index (κ1) is 12.0. The van der Waals surface area contributed by atoms with Gasteiger partial charge in [-0.2, -0.15) is 0 Å². The molecule has 1 rings (SSSR count). The molecule has 0 heterocycles. The van der Waals surface area contributed by atoms with Crippen molar-refractivity contribution in [2.45, 2.75) is 32.5 Å². The number of aliphatic hydroxyl groups excluding tert-OH is 1. The maximum Gasteiger partial charge on any atom is 0.119 e. The van der Waals surface area contributed by atoms with E-state index in [1.54, 1.807) is 19.9 Å². The van der Waals surface area contributed by atoms with Gasteiger partial charge in [0.1, 0.15) is 5.75 Å². The molecule has 0 atom stereocenters. The molecule has 0 aliphatic rings. The maximum absolute atomic E-state index is 9.48. The summed E-state index contributed by atoms with van der Waals surface area (Å²) in [7, 11) is 0. The average Bonchev–Trinajstić information content (AvgIpc) is 2.16. The Bertz CT molecular complexity index is 302. The minimum absolute atomic E-state index is 0.0166. The molecule has 0 amide bonds. The van der Waals surface area contributed by atoms with Gasteiger partial charge in [0.05, 0.1) is 18.8 Å². The fourth-order valence-electron chi connectivity index (χ4n) is 1.15. The minimum Gasteiger partial charge on any atom is -0.493 e. The lowest BCUT2D eigenvalue weighted by molar-refractivity contribution is 0.0553. The van der Waals surface area contributed by atoms with Crippen molar-refractivity contribution in [2.75, 3.05) is 6.61 Å². The summed E-state index contributed by atoms with van der Waals surface area (Å²) in [4.78, 5) is 0. The molecule has 0 aliphatic carbocycles. The summed E-state index contributed by atoms with van der Waals surface area (Å²) in [6, 6.07) is 7.31. The third-order valence-corrected chi connectivity index (χ3v) is 2.06. The van der Waals surface area contributed by atoms with E-state index in [0.29, 0.717) is 13.0 Å². The number of ether oxygens (including phenoxy) is 1. The average molecular weight is 210 g/mol. The SMILES string of the molecule is CC(C)(O)CCOc1cccc(CO)c1. The van der Waals surface area contributed by atoms with Crippen molar-refractivity contribution >= 4 is 0 Å². The highest BCUT2D eigenvalue weighted by molar-refractivity contribution is 5.27. The molecule has 1 aromatic rings. The van der Waals surface area contributed by atoms with Crippen LogP contribution in [0.25, 0.3) is 0 Å². The van der Waals surface area contributed by atoms with E-state index in [4.69, 9.17) is 9.84 Å². The molecule has 3 heteroatoms. The third kappa shape index (κ3) is 4.81.